The largest absolute Gasteiger partial charge is 0.399 e. The van der Waals surface area contributed by atoms with Crippen LogP contribution in [0, 0.1) is 0 Å². The minimum atomic E-state index is -0.421. The number of amides is 1. The standard InChI is InChI=1S/C15H17N3O/c1-18(10-11-5-4-6-12(16)9-11)14-8-3-2-7-13(14)15(17)19/h2-9H,10,16H2,1H3,(H2,17,19). The van der Waals surface area contributed by atoms with E-state index in [0.717, 1.165) is 16.9 Å². The Labute approximate surface area is 112 Å². The van der Waals surface area contributed by atoms with Crippen LogP contribution in [0.3, 0.4) is 0 Å². The number of nitrogens with zero attached hydrogens (tertiary/aromatic N) is 1. The summed E-state index contributed by atoms with van der Waals surface area (Å²) in [4.78, 5) is 13.4. The molecule has 4 heteroatoms. The highest BCUT2D eigenvalue weighted by Gasteiger charge is 2.11. The second-order valence-electron chi connectivity index (χ2n) is 4.48. The molecule has 0 aliphatic rings. The summed E-state index contributed by atoms with van der Waals surface area (Å²) in [6, 6.07) is 15.0. The third kappa shape index (κ3) is 3.04. The highest BCUT2D eigenvalue weighted by Crippen LogP contribution is 2.21. The summed E-state index contributed by atoms with van der Waals surface area (Å²) in [5.74, 6) is -0.421. The van der Waals surface area contributed by atoms with Crippen LogP contribution in [0.1, 0.15) is 15.9 Å². The molecule has 2 aromatic rings. The number of carbonyl (C=O) groups is 1. The van der Waals surface area contributed by atoms with Crippen LogP contribution in [0.25, 0.3) is 0 Å². The molecule has 0 bridgehead atoms. The summed E-state index contributed by atoms with van der Waals surface area (Å²) < 4.78 is 0. The average Bonchev–Trinajstić information content (AvgIpc) is 2.38. The molecule has 2 aromatic carbocycles. The lowest BCUT2D eigenvalue weighted by Gasteiger charge is -2.21. The molecule has 0 unspecified atom stereocenters. The Morgan fingerprint density at radius 3 is 2.58 bits per heavy atom. The summed E-state index contributed by atoms with van der Waals surface area (Å²) in [6.07, 6.45) is 0. The number of rotatable bonds is 4. The van der Waals surface area contributed by atoms with Crippen LogP contribution in [-0.4, -0.2) is 13.0 Å². The molecule has 1 amide bonds. The fourth-order valence-electron chi connectivity index (χ4n) is 2.07. The Bertz CT molecular complexity index is 595. The molecule has 0 saturated heterocycles. The number of primary amides is 1. The molecule has 0 saturated carbocycles. The van der Waals surface area contributed by atoms with E-state index in [4.69, 9.17) is 11.5 Å². The van der Waals surface area contributed by atoms with E-state index in [9.17, 15) is 4.79 Å². The van der Waals surface area contributed by atoms with Gasteiger partial charge in [0.15, 0.2) is 0 Å². The van der Waals surface area contributed by atoms with Crippen LogP contribution in [0.5, 0.6) is 0 Å². The minimum absolute atomic E-state index is 0.421. The molecule has 0 spiro atoms. The van der Waals surface area contributed by atoms with Crippen molar-refractivity contribution in [2.75, 3.05) is 17.7 Å². The summed E-state index contributed by atoms with van der Waals surface area (Å²) in [6.45, 7) is 0.662. The summed E-state index contributed by atoms with van der Waals surface area (Å²) >= 11 is 0. The van der Waals surface area contributed by atoms with Crippen molar-refractivity contribution in [2.24, 2.45) is 5.73 Å². The quantitative estimate of drug-likeness (QED) is 0.821. The predicted molar refractivity (Wildman–Crippen MR) is 77.9 cm³/mol. The SMILES string of the molecule is CN(Cc1cccc(N)c1)c1ccccc1C(N)=O. The van der Waals surface area contributed by atoms with Crippen molar-refractivity contribution in [1.29, 1.82) is 0 Å². The van der Waals surface area contributed by atoms with Gasteiger partial charge in [0.1, 0.15) is 0 Å². The second kappa shape index (κ2) is 5.44. The van der Waals surface area contributed by atoms with Crippen LogP contribution in [-0.2, 0) is 6.54 Å². The van der Waals surface area contributed by atoms with Gasteiger partial charge in [-0.2, -0.15) is 0 Å². The number of hydrogen-bond donors (Lipinski definition) is 2. The maximum absolute atomic E-state index is 11.4. The van der Waals surface area contributed by atoms with Crippen molar-refractivity contribution in [3.05, 3.63) is 59.7 Å². The summed E-state index contributed by atoms with van der Waals surface area (Å²) in [5, 5.41) is 0. The van der Waals surface area contributed by atoms with E-state index in [-0.39, 0.29) is 0 Å². The molecule has 0 fully saturated rings. The lowest BCUT2D eigenvalue weighted by Crippen LogP contribution is -2.21. The maximum Gasteiger partial charge on any atom is 0.250 e. The maximum atomic E-state index is 11.4. The van der Waals surface area contributed by atoms with Gasteiger partial charge in [0, 0.05) is 25.0 Å². The second-order valence-corrected chi connectivity index (χ2v) is 4.48. The number of nitrogen functional groups attached to an aromatic ring is 1. The van der Waals surface area contributed by atoms with E-state index in [1.807, 2.05) is 48.3 Å². The number of carbonyl (C=O) groups excluding carboxylic acids is 1. The fourth-order valence-corrected chi connectivity index (χ4v) is 2.07. The van der Waals surface area contributed by atoms with Crippen molar-refractivity contribution in [3.63, 3.8) is 0 Å². The normalized spacial score (nSPS) is 10.2. The van der Waals surface area contributed by atoms with Crippen LogP contribution in [0.2, 0.25) is 0 Å². The third-order valence-corrected chi connectivity index (χ3v) is 2.95. The summed E-state index contributed by atoms with van der Waals surface area (Å²) in [7, 11) is 1.92. The van der Waals surface area contributed by atoms with Gasteiger partial charge in [0.05, 0.1) is 5.56 Å². The number of nitrogens with two attached hydrogens (primary N) is 2. The number of benzene rings is 2. The zero-order valence-electron chi connectivity index (χ0n) is 10.8. The Morgan fingerprint density at radius 2 is 1.89 bits per heavy atom. The van der Waals surface area contributed by atoms with Gasteiger partial charge < -0.3 is 16.4 Å². The molecule has 0 heterocycles. The highest BCUT2D eigenvalue weighted by atomic mass is 16.1. The van der Waals surface area contributed by atoms with Crippen LogP contribution in [0.15, 0.2) is 48.5 Å². The Kier molecular flexibility index (Phi) is 3.71. The zero-order valence-corrected chi connectivity index (χ0v) is 10.8. The molecule has 0 aliphatic heterocycles. The van der Waals surface area contributed by atoms with E-state index in [0.29, 0.717) is 12.1 Å². The van der Waals surface area contributed by atoms with E-state index in [1.165, 1.54) is 0 Å². The first-order valence-electron chi connectivity index (χ1n) is 6.02. The van der Waals surface area contributed by atoms with E-state index in [1.54, 1.807) is 12.1 Å². The van der Waals surface area contributed by atoms with Gasteiger partial charge in [-0.15, -0.1) is 0 Å². The van der Waals surface area contributed by atoms with Gasteiger partial charge in [-0.25, -0.2) is 0 Å². The molecule has 0 aromatic heterocycles. The molecular weight excluding hydrogens is 238 g/mol. The lowest BCUT2D eigenvalue weighted by molar-refractivity contribution is 0.100. The van der Waals surface area contributed by atoms with Crippen molar-refractivity contribution < 1.29 is 4.79 Å². The monoisotopic (exact) mass is 255 g/mol. The Balaban J connectivity index is 2.25. The average molecular weight is 255 g/mol. The molecule has 4 N–H and O–H groups in total. The minimum Gasteiger partial charge on any atom is -0.399 e. The van der Waals surface area contributed by atoms with Crippen LogP contribution < -0.4 is 16.4 Å². The number of para-hydroxylation sites is 1. The molecule has 0 radical (unpaired) electrons. The van der Waals surface area contributed by atoms with Gasteiger partial charge in [0.25, 0.3) is 5.91 Å². The third-order valence-electron chi connectivity index (χ3n) is 2.95. The lowest BCUT2D eigenvalue weighted by atomic mass is 10.1. The summed E-state index contributed by atoms with van der Waals surface area (Å²) in [5.41, 5.74) is 14.3. The first-order valence-corrected chi connectivity index (χ1v) is 6.02. The topological polar surface area (TPSA) is 72.3 Å². The first-order chi connectivity index (χ1) is 9.08. The smallest absolute Gasteiger partial charge is 0.250 e. The number of hydrogen-bond acceptors (Lipinski definition) is 3. The van der Waals surface area contributed by atoms with E-state index < -0.39 is 5.91 Å². The molecule has 19 heavy (non-hydrogen) atoms. The van der Waals surface area contributed by atoms with Gasteiger partial charge in [-0.05, 0) is 29.8 Å². The van der Waals surface area contributed by atoms with Gasteiger partial charge >= 0.3 is 0 Å². The fraction of sp³-hybridized carbons (Fsp3) is 0.133. The number of anilines is 2. The predicted octanol–water partition coefficient (Wildman–Crippen LogP) is 2.00. The Hall–Kier alpha value is -2.49. The highest BCUT2D eigenvalue weighted by molar-refractivity contribution is 5.98. The van der Waals surface area contributed by atoms with Crippen molar-refractivity contribution in [2.45, 2.75) is 6.54 Å². The molecule has 2 rings (SSSR count). The van der Waals surface area contributed by atoms with Crippen LogP contribution in [0.4, 0.5) is 11.4 Å². The first kappa shape index (κ1) is 13.0. The van der Waals surface area contributed by atoms with Gasteiger partial charge in [-0.3, -0.25) is 4.79 Å². The van der Waals surface area contributed by atoms with Crippen molar-refractivity contribution in [1.82, 2.24) is 0 Å². The van der Waals surface area contributed by atoms with Gasteiger partial charge in [-0.1, -0.05) is 24.3 Å². The Morgan fingerprint density at radius 1 is 1.16 bits per heavy atom. The van der Waals surface area contributed by atoms with Crippen LogP contribution >= 0.6 is 0 Å². The molecule has 0 aliphatic carbocycles. The van der Waals surface area contributed by atoms with E-state index in [2.05, 4.69) is 0 Å². The molecule has 0 atom stereocenters. The van der Waals surface area contributed by atoms with E-state index >= 15 is 0 Å². The van der Waals surface area contributed by atoms with Gasteiger partial charge in [0.2, 0.25) is 0 Å². The van der Waals surface area contributed by atoms with Crippen molar-refractivity contribution >= 4 is 17.3 Å². The molecular formula is C15H17N3O. The molecule has 98 valence electrons. The molecule has 4 nitrogen and oxygen atoms in total. The zero-order chi connectivity index (χ0) is 13.8. The van der Waals surface area contributed by atoms with Crippen molar-refractivity contribution in [3.8, 4) is 0 Å².